The number of nitrogens with two attached hydrogens (primary N) is 1. The number of aliphatic imine (C=N–C) groups is 1. The Balaban J connectivity index is 4.63. The zero-order chi connectivity index (χ0) is 8.85. The molecule has 11 heavy (non-hydrogen) atoms. The maximum absolute atomic E-state index is 5.55. The molecule has 0 aliphatic carbocycles. The SMILES string of the molecule is C=C(OC)C(/C=N\C)=C(\C)N. The highest BCUT2D eigenvalue weighted by Gasteiger charge is 2.00. The van der Waals surface area contributed by atoms with Crippen LogP contribution < -0.4 is 5.73 Å². The minimum absolute atomic E-state index is 0.538. The first-order chi connectivity index (χ1) is 5.13. The summed E-state index contributed by atoms with van der Waals surface area (Å²) in [6.45, 7) is 5.44. The van der Waals surface area contributed by atoms with Gasteiger partial charge in [0.1, 0.15) is 5.76 Å². The first-order valence-corrected chi connectivity index (χ1v) is 3.25. The Kier molecular flexibility index (Phi) is 4.03. The minimum atomic E-state index is 0.538. The van der Waals surface area contributed by atoms with Crippen molar-refractivity contribution in [3.05, 3.63) is 23.6 Å². The van der Waals surface area contributed by atoms with E-state index in [2.05, 4.69) is 11.6 Å². The maximum Gasteiger partial charge on any atom is 0.122 e. The third kappa shape index (κ3) is 2.89. The summed E-state index contributed by atoms with van der Waals surface area (Å²) in [6, 6.07) is 0. The predicted molar refractivity (Wildman–Crippen MR) is 47.5 cm³/mol. The summed E-state index contributed by atoms with van der Waals surface area (Å²) in [4.78, 5) is 3.82. The van der Waals surface area contributed by atoms with Gasteiger partial charge in [0.15, 0.2) is 0 Å². The molecular weight excluding hydrogens is 140 g/mol. The van der Waals surface area contributed by atoms with Gasteiger partial charge in [0.2, 0.25) is 0 Å². The average Bonchev–Trinajstić information content (AvgIpc) is 1.98. The van der Waals surface area contributed by atoms with Gasteiger partial charge in [-0.25, -0.2) is 0 Å². The van der Waals surface area contributed by atoms with Gasteiger partial charge in [-0.15, -0.1) is 0 Å². The van der Waals surface area contributed by atoms with Crippen molar-refractivity contribution in [3.63, 3.8) is 0 Å². The highest BCUT2D eigenvalue weighted by Crippen LogP contribution is 2.07. The van der Waals surface area contributed by atoms with Gasteiger partial charge in [-0.2, -0.15) is 0 Å². The number of ether oxygens (including phenoxy) is 1. The summed E-state index contributed by atoms with van der Waals surface area (Å²) in [5.74, 6) is 0.538. The Labute approximate surface area is 67.3 Å². The quantitative estimate of drug-likeness (QED) is 0.375. The second-order valence-electron chi connectivity index (χ2n) is 2.11. The lowest BCUT2D eigenvalue weighted by Crippen LogP contribution is -2.03. The van der Waals surface area contributed by atoms with E-state index in [1.807, 2.05) is 0 Å². The molecule has 62 valence electrons. The molecule has 0 aromatic rings. The molecule has 3 heteroatoms. The summed E-state index contributed by atoms with van der Waals surface area (Å²) in [5, 5.41) is 0. The smallest absolute Gasteiger partial charge is 0.122 e. The zero-order valence-corrected chi connectivity index (χ0v) is 7.22. The standard InChI is InChI=1S/C8H14N2O/c1-6(9)8(5-10-3)7(2)11-4/h5H,2,9H2,1,3-4H3/b8-6+,10-5-. The molecule has 0 spiro atoms. The van der Waals surface area contributed by atoms with Crippen molar-refractivity contribution in [3.8, 4) is 0 Å². The van der Waals surface area contributed by atoms with Gasteiger partial charge in [0, 0.05) is 19.0 Å². The van der Waals surface area contributed by atoms with Crippen LogP contribution >= 0.6 is 0 Å². The molecule has 0 bridgehead atoms. The summed E-state index contributed by atoms with van der Waals surface area (Å²) >= 11 is 0. The third-order valence-corrected chi connectivity index (χ3v) is 1.23. The van der Waals surface area contributed by atoms with Crippen LogP contribution in [-0.2, 0) is 4.74 Å². The van der Waals surface area contributed by atoms with E-state index in [0.29, 0.717) is 11.5 Å². The van der Waals surface area contributed by atoms with Crippen LogP contribution in [0, 0.1) is 0 Å². The Bertz CT molecular complexity index is 200. The monoisotopic (exact) mass is 154 g/mol. The van der Waals surface area contributed by atoms with Gasteiger partial charge in [-0.1, -0.05) is 6.58 Å². The average molecular weight is 154 g/mol. The first kappa shape index (κ1) is 9.75. The molecule has 0 aromatic carbocycles. The molecule has 0 amide bonds. The molecule has 2 N–H and O–H groups in total. The summed E-state index contributed by atoms with van der Waals surface area (Å²) in [5.41, 5.74) is 6.95. The van der Waals surface area contributed by atoms with Crippen LogP contribution in [0.3, 0.4) is 0 Å². The fourth-order valence-corrected chi connectivity index (χ4v) is 0.633. The lowest BCUT2D eigenvalue weighted by molar-refractivity contribution is 0.305. The highest BCUT2D eigenvalue weighted by atomic mass is 16.5. The predicted octanol–water partition coefficient (Wildman–Crippen LogP) is 1.08. The van der Waals surface area contributed by atoms with Crippen molar-refractivity contribution >= 4 is 6.21 Å². The number of rotatable bonds is 3. The van der Waals surface area contributed by atoms with Crippen molar-refractivity contribution in [1.29, 1.82) is 0 Å². The second kappa shape index (κ2) is 4.55. The Morgan fingerprint density at radius 2 is 2.18 bits per heavy atom. The Morgan fingerprint density at radius 1 is 1.64 bits per heavy atom. The number of hydrogen-bond donors (Lipinski definition) is 1. The molecule has 0 saturated carbocycles. The summed E-state index contributed by atoms with van der Waals surface area (Å²) < 4.78 is 4.90. The molecule has 0 radical (unpaired) electrons. The summed E-state index contributed by atoms with van der Waals surface area (Å²) in [7, 11) is 3.22. The van der Waals surface area contributed by atoms with E-state index in [1.54, 1.807) is 27.3 Å². The van der Waals surface area contributed by atoms with Crippen molar-refractivity contribution in [2.75, 3.05) is 14.2 Å². The van der Waals surface area contributed by atoms with E-state index in [0.717, 1.165) is 5.57 Å². The van der Waals surface area contributed by atoms with Crippen LogP contribution in [0.25, 0.3) is 0 Å². The molecule has 0 aliphatic heterocycles. The lowest BCUT2D eigenvalue weighted by Gasteiger charge is -2.05. The van der Waals surface area contributed by atoms with Gasteiger partial charge in [-0.05, 0) is 6.92 Å². The molecule has 0 aliphatic rings. The molecule has 0 atom stereocenters. The van der Waals surface area contributed by atoms with Crippen molar-refractivity contribution in [2.24, 2.45) is 10.7 Å². The van der Waals surface area contributed by atoms with Gasteiger partial charge in [0.05, 0.1) is 12.7 Å². The number of hydrogen-bond acceptors (Lipinski definition) is 3. The number of methoxy groups -OCH3 is 1. The number of allylic oxidation sites excluding steroid dienone is 2. The van der Waals surface area contributed by atoms with Crippen LogP contribution in [0.5, 0.6) is 0 Å². The highest BCUT2D eigenvalue weighted by molar-refractivity contribution is 5.84. The van der Waals surface area contributed by atoms with Gasteiger partial charge < -0.3 is 10.5 Å². The van der Waals surface area contributed by atoms with Gasteiger partial charge >= 0.3 is 0 Å². The zero-order valence-electron chi connectivity index (χ0n) is 7.22. The van der Waals surface area contributed by atoms with Gasteiger partial charge in [-0.3, -0.25) is 4.99 Å². The van der Waals surface area contributed by atoms with Crippen LogP contribution in [0.1, 0.15) is 6.92 Å². The minimum Gasteiger partial charge on any atom is -0.497 e. The molecular formula is C8H14N2O. The van der Waals surface area contributed by atoms with Crippen LogP contribution in [0.2, 0.25) is 0 Å². The fraction of sp³-hybridized carbons (Fsp3) is 0.375. The lowest BCUT2D eigenvalue weighted by atomic mass is 10.2. The largest absolute Gasteiger partial charge is 0.497 e. The normalized spacial score (nSPS) is 13.0. The fourth-order valence-electron chi connectivity index (χ4n) is 0.633. The van der Waals surface area contributed by atoms with E-state index >= 15 is 0 Å². The van der Waals surface area contributed by atoms with Crippen molar-refractivity contribution in [1.82, 2.24) is 0 Å². The molecule has 0 unspecified atom stereocenters. The molecule has 0 fully saturated rings. The molecule has 0 saturated heterocycles. The topological polar surface area (TPSA) is 47.6 Å². The van der Waals surface area contributed by atoms with E-state index < -0.39 is 0 Å². The van der Waals surface area contributed by atoms with Crippen LogP contribution in [-0.4, -0.2) is 20.4 Å². The molecule has 3 nitrogen and oxygen atoms in total. The maximum atomic E-state index is 5.55. The Hall–Kier alpha value is -1.25. The van der Waals surface area contributed by atoms with Crippen molar-refractivity contribution in [2.45, 2.75) is 6.92 Å². The first-order valence-electron chi connectivity index (χ1n) is 3.25. The van der Waals surface area contributed by atoms with E-state index in [4.69, 9.17) is 10.5 Å². The van der Waals surface area contributed by atoms with Crippen LogP contribution in [0.15, 0.2) is 28.6 Å². The second-order valence-corrected chi connectivity index (χ2v) is 2.11. The summed E-state index contributed by atoms with van der Waals surface area (Å²) in [6.07, 6.45) is 1.63. The van der Waals surface area contributed by atoms with E-state index in [-0.39, 0.29) is 0 Å². The molecule has 0 heterocycles. The van der Waals surface area contributed by atoms with Crippen molar-refractivity contribution < 1.29 is 4.74 Å². The van der Waals surface area contributed by atoms with E-state index in [1.165, 1.54) is 0 Å². The Morgan fingerprint density at radius 3 is 2.45 bits per heavy atom. The van der Waals surface area contributed by atoms with E-state index in [9.17, 15) is 0 Å². The van der Waals surface area contributed by atoms with Gasteiger partial charge in [0.25, 0.3) is 0 Å². The molecule has 0 aromatic heterocycles. The molecule has 0 rings (SSSR count). The number of nitrogens with zero attached hydrogens (tertiary/aromatic N) is 1. The third-order valence-electron chi connectivity index (χ3n) is 1.23. The van der Waals surface area contributed by atoms with Crippen LogP contribution in [0.4, 0.5) is 0 Å².